The summed E-state index contributed by atoms with van der Waals surface area (Å²) in [5, 5.41) is 2.74. The first-order valence-electron chi connectivity index (χ1n) is 6.85. The summed E-state index contributed by atoms with van der Waals surface area (Å²) in [5.74, 6) is 1.12. The molecule has 0 saturated carbocycles. The Morgan fingerprint density at radius 3 is 2.87 bits per heavy atom. The molecule has 3 rings (SSSR count). The van der Waals surface area contributed by atoms with Crippen molar-refractivity contribution in [2.24, 2.45) is 0 Å². The van der Waals surface area contributed by atoms with Crippen LogP contribution in [-0.4, -0.2) is 19.3 Å². The van der Waals surface area contributed by atoms with Gasteiger partial charge in [0, 0.05) is 6.54 Å². The van der Waals surface area contributed by atoms with Crippen LogP contribution < -0.4 is 19.5 Å². The maximum Gasteiger partial charge on any atom is 0.258 e. The summed E-state index contributed by atoms with van der Waals surface area (Å²) in [7, 11) is 0. The van der Waals surface area contributed by atoms with Gasteiger partial charge in [0.25, 0.3) is 5.91 Å². The fourth-order valence-electron chi connectivity index (χ4n) is 2.04. The monoisotopic (exact) mass is 381 g/mol. The van der Waals surface area contributed by atoms with Crippen LogP contribution in [-0.2, 0) is 11.3 Å². The Balaban J connectivity index is 1.50. The number of carbonyl (C=O) groups is 1. The van der Waals surface area contributed by atoms with Gasteiger partial charge in [0.2, 0.25) is 6.79 Å². The molecule has 0 bridgehead atoms. The van der Waals surface area contributed by atoms with E-state index in [2.05, 4.69) is 21.2 Å². The molecule has 0 fully saturated rings. The highest BCUT2D eigenvalue weighted by Crippen LogP contribution is 2.32. The van der Waals surface area contributed by atoms with Gasteiger partial charge in [0.1, 0.15) is 11.6 Å². The summed E-state index contributed by atoms with van der Waals surface area (Å²) in [6.07, 6.45) is 0. The summed E-state index contributed by atoms with van der Waals surface area (Å²) >= 11 is 3.18. The summed E-state index contributed by atoms with van der Waals surface area (Å²) in [6, 6.07) is 9.48. The molecule has 0 aliphatic carbocycles. The van der Waals surface area contributed by atoms with E-state index in [1.54, 1.807) is 6.07 Å². The van der Waals surface area contributed by atoms with Crippen molar-refractivity contribution in [2.45, 2.75) is 6.54 Å². The highest BCUT2D eigenvalue weighted by Gasteiger charge is 2.13. The molecule has 7 heteroatoms. The fourth-order valence-corrected chi connectivity index (χ4v) is 2.50. The Hall–Kier alpha value is -2.28. The number of hydrogen-bond donors (Lipinski definition) is 1. The van der Waals surface area contributed by atoms with Gasteiger partial charge >= 0.3 is 0 Å². The van der Waals surface area contributed by atoms with Crippen LogP contribution in [0.4, 0.5) is 4.39 Å². The highest BCUT2D eigenvalue weighted by atomic mass is 79.9. The van der Waals surface area contributed by atoms with Gasteiger partial charge < -0.3 is 19.5 Å². The van der Waals surface area contributed by atoms with Crippen LogP contribution in [0.1, 0.15) is 5.56 Å². The van der Waals surface area contributed by atoms with Crippen LogP contribution in [0, 0.1) is 5.82 Å². The number of fused-ring (bicyclic) bond motifs is 1. The summed E-state index contributed by atoms with van der Waals surface area (Å²) < 4.78 is 29.3. The second-order valence-electron chi connectivity index (χ2n) is 4.83. The van der Waals surface area contributed by atoms with E-state index in [0.29, 0.717) is 28.3 Å². The molecule has 0 spiro atoms. The number of halogens is 2. The van der Waals surface area contributed by atoms with Crippen LogP contribution in [0.15, 0.2) is 40.9 Å². The highest BCUT2D eigenvalue weighted by molar-refractivity contribution is 9.10. The van der Waals surface area contributed by atoms with Crippen molar-refractivity contribution in [3.8, 4) is 17.2 Å². The molecule has 0 saturated heterocycles. The summed E-state index contributed by atoms with van der Waals surface area (Å²) in [6.45, 7) is 0.406. The zero-order chi connectivity index (χ0) is 16.2. The molecule has 1 N–H and O–H groups in total. The van der Waals surface area contributed by atoms with Crippen LogP contribution >= 0.6 is 15.9 Å². The average Bonchev–Trinajstić information content (AvgIpc) is 2.99. The van der Waals surface area contributed by atoms with Gasteiger partial charge in [-0.2, -0.15) is 0 Å². The molecular formula is C16H13BrFNO4. The topological polar surface area (TPSA) is 56.8 Å². The van der Waals surface area contributed by atoms with Crippen molar-refractivity contribution in [3.05, 3.63) is 52.3 Å². The van der Waals surface area contributed by atoms with Gasteiger partial charge in [0.15, 0.2) is 18.1 Å². The van der Waals surface area contributed by atoms with E-state index >= 15 is 0 Å². The lowest BCUT2D eigenvalue weighted by atomic mass is 10.2. The van der Waals surface area contributed by atoms with Crippen molar-refractivity contribution in [1.82, 2.24) is 5.32 Å². The lowest BCUT2D eigenvalue weighted by Gasteiger charge is -2.09. The van der Waals surface area contributed by atoms with Gasteiger partial charge in [-0.05, 0) is 51.8 Å². The Kier molecular flexibility index (Phi) is 4.66. The predicted octanol–water partition coefficient (Wildman–Crippen LogP) is 3.01. The van der Waals surface area contributed by atoms with E-state index in [9.17, 15) is 9.18 Å². The van der Waals surface area contributed by atoms with E-state index in [-0.39, 0.29) is 25.1 Å². The largest absolute Gasteiger partial charge is 0.483 e. The Labute approximate surface area is 140 Å². The quantitative estimate of drug-likeness (QED) is 0.864. The number of benzene rings is 2. The van der Waals surface area contributed by atoms with Gasteiger partial charge in [-0.15, -0.1) is 0 Å². The number of carbonyl (C=O) groups excluding carboxylic acids is 1. The smallest absolute Gasteiger partial charge is 0.258 e. The Bertz CT molecular complexity index is 738. The first-order valence-corrected chi connectivity index (χ1v) is 7.64. The molecule has 5 nitrogen and oxygen atoms in total. The summed E-state index contributed by atoms with van der Waals surface area (Å²) in [5.41, 5.74) is 0.894. The second kappa shape index (κ2) is 6.87. The number of ether oxygens (including phenoxy) is 3. The second-order valence-corrected chi connectivity index (χ2v) is 5.68. The number of nitrogens with one attached hydrogen (secondary N) is 1. The molecule has 1 amide bonds. The molecule has 2 aromatic rings. The van der Waals surface area contributed by atoms with Crippen molar-refractivity contribution < 1.29 is 23.4 Å². The minimum absolute atomic E-state index is 0.158. The molecule has 0 radical (unpaired) electrons. The van der Waals surface area contributed by atoms with Crippen LogP contribution in [0.25, 0.3) is 0 Å². The van der Waals surface area contributed by atoms with Crippen molar-refractivity contribution in [1.29, 1.82) is 0 Å². The van der Waals surface area contributed by atoms with Crippen molar-refractivity contribution in [3.63, 3.8) is 0 Å². The van der Waals surface area contributed by atoms with Crippen LogP contribution in [0.3, 0.4) is 0 Å². The predicted molar refractivity (Wildman–Crippen MR) is 84.0 cm³/mol. The molecule has 120 valence electrons. The van der Waals surface area contributed by atoms with Gasteiger partial charge in [-0.3, -0.25) is 4.79 Å². The molecule has 1 aliphatic heterocycles. The van der Waals surface area contributed by atoms with Crippen LogP contribution in [0.2, 0.25) is 0 Å². The lowest BCUT2D eigenvalue weighted by Crippen LogP contribution is -2.28. The van der Waals surface area contributed by atoms with E-state index in [0.717, 1.165) is 5.56 Å². The van der Waals surface area contributed by atoms with Gasteiger partial charge in [-0.1, -0.05) is 6.07 Å². The van der Waals surface area contributed by atoms with Crippen molar-refractivity contribution in [2.75, 3.05) is 13.4 Å². The third-order valence-corrected chi connectivity index (χ3v) is 3.80. The lowest BCUT2D eigenvalue weighted by molar-refractivity contribution is -0.123. The van der Waals surface area contributed by atoms with E-state index in [4.69, 9.17) is 14.2 Å². The van der Waals surface area contributed by atoms with E-state index in [1.165, 1.54) is 18.2 Å². The average molecular weight is 382 g/mol. The third-order valence-electron chi connectivity index (χ3n) is 3.18. The third kappa shape index (κ3) is 3.92. The number of amides is 1. The maximum atomic E-state index is 13.0. The van der Waals surface area contributed by atoms with E-state index < -0.39 is 0 Å². The zero-order valence-electron chi connectivity index (χ0n) is 12.0. The minimum atomic E-state index is -0.378. The Morgan fingerprint density at radius 2 is 2.04 bits per heavy atom. The van der Waals surface area contributed by atoms with Crippen molar-refractivity contribution >= 4 is 21.8 Å². The molecular weight excluding hydrogens is 369 g/mol. The Morgan fingerprint density at radius 1 is 1.22 bits per heavy atom. The minimum Gasteiger partial charge on any atom is -0.483 e. The fraction of sp³-hybridized carbons (Fsp3) is 0.188. The van der Waals surface area contributed by atoms with Crippen LogP contribution in [0.5, 0.6) is 17.2 Å². The molecule has 0 aromatic heterocycles. The normalized spacial score (nSPS) is 12.1. The zero-order valence-corrected chi connectivity index (χ0v) is 13.6. The number of rotatable bonds is 5. The van der Waals surface area contributed by atoms with Gasteiger partial charge in [-0.25, -0.2) is 4.39 Å². The standard InChI is InChI=1S/C16H13BrFNO4/c17-12-6-11(18)2-4-13(12)21-8-16(20)19-7-10-1-3-14-15(5-10)23-9-22-14/h1-6H,7-9H2,(H,19,20). The molecule has 2 aromatic carbocycles. The maximum absolute atomic E-state index is 13.0. The summed E-state index contributed by atoms with van der Waals surface area (Å²) in [4.78, 5) is 11.8. The first kappa shape index (κ1) is 15.6. The van der Waals surface area contributed by atoms with Gasteiger partial charge in [0.05, 0.1) is 4.47 Å². The molecule has 0 atom stereocenters. The van der Waals surface area contributed by atoms with E-state index in [1.807, 2.05) is 12.1 Å². The molecule has 1 aliphatic rings. The SMILES string of the molecule is O=C(COc1ccc(F)cc1Br)NCc1ccc2c(c1)OCO2. The first-order chi connectivity index (χ1) is 11.1. The molecule has 0 unspecified atom stereocenters. The molecule has 1 heterocycles. The molecule has 23 heavy (non-hydrogen) atoms. The number of hydrogen-bond acceptors (Lipinski definition) is 4.